The highest BCUT2D eigenvalue weighted by Crippen LogP contribution is 2.14. The van der Waals surface area contributed by atoms with Gasteiger partial charge in [0.05, 0.1) is 0 Å². The molecule has 0 aliphatic carbocycles. The molecular weight excluding hydrogens is 150 g/mol. The average molecular weight is 173 g/mol. The Morgan fingerprint density at radius 2 is 1.75 bits per heavy atom. The second-order valence-corrected chi connectivity index (χ2v) is 3.74. The molecule has 2 nitrogen and oxygen atoms in total. The van der Waals surface area contributed by atoms with Gasteiger partial charge in [-0.15, -0.1) is 0 Å². The smallest absolute Gasteiger partial charge is 0.207 e. The maximum absolute atomic E-state index is 10.1. The number of hydrogen-bond acceptors (Lipinski definition) is 1. The van der Waals surface area contributed by atoms with Gasteiger partial charge in [-0.1, -0.05) is 27.7 Å². The van der Waals surface area contributed by atoms with Gasteiger partial charge in [-0.25, -0.2) is 0 Å². The van der Waals surface area contributed by atoms with Gasteiger partial charge in [-0.3, -0.25) is 4.79 Å². The van der Waals surface area contributed by atoms with Gasteiger partial charge < -0.3 is 5.32 Å². The molecule has 0 atom stereocenters. The largest absolute Gasteiger partial charge is 0.354 e. The van der Waals surface area contributed by atoms with Gasteiger partial charge in [-0.2, -0.15) is 0 Å². The van der Waals surface area contributed by atoms with E-state index in [1.54, 1.807) is 0 Å². The van der Waals surface area contributed by atoms with Crippen molar-refractivity contribution in [1.82, 2.24) is 5.32 Å². The van der Waals surface area contributed by atoms with Crippen molar-refractivity contribution in [3.63, 3.8) is 0 Å². The van der Waals surface area contributed by atoms with E-state index in [4.69, 9.17) is 0 Å². The Labute approximate surface area is 76.7 Å². The summed E-state index contributed by atoms with van der Waals surface area (Å²) < 4.78 is 0. The van der Waals surface area contributed by atoms with E-state index in [1.165, 1.54) is 0 Å². The first kappa shape index (κ1) is 14.0. The van der Waals surface area contributed by atoms with E-state index in [-0.39, 0.29) is 5.54 Å². The molecule has 0 heterocycles. The SMILES string of the molecule is CC.CC(C)CC(C)(C)NC=O. The molecule has 12 heavy (non-hydrogen) atoms. The molecule has 74 valence electrons. The number of carbonyl (C=O) groups is 1. The zero-order valence-electron chi connectivity index (χ0n) is 9.27. The summed E-state index contributed by atoms with van der Waals surface area (Å²) >= 11 is 0. The van der Waals surface area contributed by atoms with Crippen LogP contribution in [0, 0.1) is 5.92 Å². The minimum atomic E-state index is -0.0457. The van der Waals surface area contributed by atoms with Crippen molar-refractivity contribution in [1.29, 1.82) is 0 Å². The van der Waals surface area contributed by atoms with Gasteiger partial charge in [0.2, 0.25) is 6.41 Å². The third-order valence-electron chi connectivity index (χ3n) is 1.37. The van der Waals surface area contributed by atoms with Crippen LogP contribution in [-0.4, -0.2) is 11.9 Å². The first-order valence-electron chi connectivity index (χ1n) is 4.69. The predicted molar refractivity (Wildman–Crippen MR) is 54.1 cm³/mol. The fourth-order valence-corrected chi connectivity index (χ4v) is 1.24. The molecule has 0 aromatic carbocycles. The third kappa shape index (κ3) is 9.47. The monoisotopic (exact) mass is 173 g/mol. The van der Waals surface area contributed by atoms with Crippen LogP contribution in [0.15, 0.2) is 0 Å². The number of carbonyl (C=O) groups excluding carboxylic acids is 1. The fourth-order valence-electron chi connectivity index (χ4n) is 1.24. The fraction of sp³-hybridized carbons (Fsp3) is 0.900. The normalized spacial score (nSPS) is 10.2. The third-order valence-corrected chi connectivity index (χ3v) is 1.37. The standard InChI is InChI=1S/C8H17NO.C2H6/c1-7(2)5-8(3,4)9-6-10;1-2/h6-7H,5H2,1-4H3,(H,9,10);1-2H3. The van der Waals surface area contributed by atoms with E-state index in [0.29, 0.717) is 5.92 Å². The lowest BCUT2D eigenvalue weighted by atomic mass is 9.93. The van der Waals surface area contributed by atoms with Gasteiger partial charge in [0.1, 0.15) is 0 Å². The van der Waals surface area contributed by atoms with E-state index in [9.17, 15) is 4.79 Å². The van der Waals surface area contributed by atoms with Crippen molar-refractivity contribution in [2.75, 3.05) is 0 Å². The Balaban J connectivity index is 0. The van der Waals surface area contributed by atoms with Crippen LogP contribution in [0.5, 0.6) is 0 Å². The van der Waals surface area contributed by atoms with E-state index in [2.05, 4.69) is 19.2 Å². The first-order valence-corrected chi connectivity index (χ1v) is 4.69. The molecule has 0 saturated heterocycles. The van der Waals surface area contributed by atoms with Crippen molar-refractivity contribution in [3.05, 3.63) is 0 Å². The minimum Gasteiger partial charge on any atom is -0.354 e. The highest BCUT2D eigenvalue weighted by atomic mass is 16.1. The molecule has 0 spiro atoms. The van der Waals surface area contributed by atoms with Gasteiger partial charge in [-0.05, 0) is 26.2 Å². The summed E-state index contributed by atoms with van der Waals surface area (Å²) in [4.78, 5) is 10.1. The van der Waals surface area contributed by atoms with Crippen molar-refractivity contribution < 1.29 is 4.79 Å². The Morgan fingerprint density at radius 3 is 2.00 bits per heavy atom. The van der Waals surface area contributed by atoms with Gasteiger partial charge in [0.25, 0.3) is 0 Å². The lowest BCUT2D eigenvalue weighted by molar-refractivity contribution is -0.111. The molecule has 1 amide bonds. The molecule has 0 unspecified atom stereocenters. The first-order chi connectivity index (χ1) is 5.48. The Bertz CT molecular complexity index is 108. The van der Waals surface area contributed by atoms with Crippen molar-refractivity contribution in [2.24, 2.45) is 5.92 Å². The molecule has 0 fully saturated rings. The van der Waals surface area contributed by atoms with Crippen LogP contribution in [0.3, 0.4) is 0 Å². The quantitative estimate of drug-likeness (QED) is 0.650. The summed E-state index contributed by atoms with van der Waals surface area (Å²) in [6, 6.07) is 0. The Hall–Kier alpha value is -0.530. The van der Waals surface area contributed by atoms with Crippen LogP contribution < -0.4 is 5.32 Å². The van der Waals surface area contributed by atoms with Crippen LogP contribution >= 0.6 is 0 Å². The van der Waals surface area contributed by atoms with E-state index in [1.807, 2.05) is 27.7 Å². The maximum atomic E-state index is 10.1. The molecule has 0 aromatic heterocycles. The zero-order chi connectivity index (χ0) is 10.2. The van der Waals surface area contributed by atoms with Crippen LogP contribution in [0.4, 0.5) is 0 Å². The summed E-state index contributed by atoms with van der Waals surface area (Å²) in [7, 11) is 0. The van der Waals surface area contributed by atoms with Crippen molar-refractivity contribution in [2.45, 2.75) is 53.5 Å². The summed E-state index contributed by atoms with van der Waals surface area (Å²) in [6.07, 6.45) is 1.79. The maximum Gasteiger partial charge on any atom is 0.207 e. The molecule has 1 N–H and O–H groups in total. The zero-order valence-corrected chi connectivity index (χ0v) is 9.27. The van der Waals surface area contributed by atoms with Gasteiger partial charge >= 0.3 is 0 Å². The summed E-state index contributed by atoms with van der Waals surface area (Å²) in [5, 5.41) is 2.77. The van der Waals surface area contributed by atoms with E-state index < -0.39 is 0 Å². The highest BCUT2D eigenvalue weighted by molar-refractivity contribution is 5.47. The average Bonchev–Trinajstić information content (AvgIpc) is 1.88. The number of nitrogens with one attached hydrogen (secondary N) is 1. The van der Waals surface area contributed by atoms with Gasteiger partial charge in [0.15, 0.2) is 0 Å². The van der Waals surface area contributed by atoms with Crippen LogP contribution in [0.25, 0.3) is 0 Å². The summed E-state index contributed by atoms with van der Waals surface area (Å²) in [6.45, 7) is 12.4. The Kier molecular flexibility index (Phi) is 8.34. The number of amides is 1. The molecule has 0 saturated carbocycles. The molecule has 2 heteroatoms. The second-order valence-electron chi connectivity index (χ2n) is 3.74. The summed E-state index contributed by atoms with van der Waals surface area (Å²) in [5.74, 6) is 0.627. The molecule has 0 aromatic rings. The topological polar surface area (TPSA) is 29.1 Å². The van der Waals surface area contributed by atoms with E-state index in [0.717, 1.165) is 12.8 Å². The van der Waals surface area contributed by atoms with E-state index >= 15 is 0 Å². The van der Waals surface area contributed by atoms with Crippen LogP contribution in [0.2, 0.25) is 0 Å². The van der Waals surface area contributed by atoms with Crippen molar-refractivity contribution in [3.8, 4) is 0 Å². The molecule has 0 bridgehead atoms. The molecule has 0 aliphatic heterocycles. The van der Waals surface area contributed by atoms with Gasteiger partial charge in [0, 0.05) is 5.54 Å². The number of hydrogen-bond donors (Lipinski definition) is 1. The molecule has 0 aliphatic rings. The lowest BCUT2D eigenvalue weighted by Gasteiger charge is -2.25. The molecule has 0 radical (unpaired) electrons. The molecular formula is C10H23NO. The lowest BCUT2D eigenvalue weighted by Crippen LogP contribution is -2.39. The highest BCUT2D eigenvalue weighted by Gasteiger charge is 2.16. The van der Waals surface area contributed by atoms with Crippen molar-refractivity contribution >= 4 is 6.41 Å². The Morgan fingerprint density at radius 1 is 1.33 bits per heavy atom. The van der Waals surface area contributed by atoms with Crippen LogP contribution in [-0.2, 0) is 4.79 Å². The summed E-state index contributed by atoms with van der Waals surface area (Å²) in [5.41, 5.74) is -0.0457. The molecule has 0 rings (SSSR count). The minimum absolute atomic E-state index is 0.0457. The second kappa shape index (κ2) is 7.14. The predicted octanol–water partition coefficient (Wildman–Crippen LogP) is 2.58. The van der Waals surface area contributed by atoms with Crippen LogP contribution in [0.1, 0.15) is 48.0 Å². The number of rotatable bonds is 4.